The fourth-order valence-electron chi connectivity index (χ4n) is 2.59. The molecule has 2 aliphatic rings. The molecule has 0 spiro atoms. The lowest BCUT2D eigenvalue weighted by Crippen LogP contribution is -2.56. The van der Waals surface area contributed by atoms with Gasteiger partial charge in [-0.2, -0.15) is 0 Å². The normalized spacial score (nSPS) is 32.2. The van der Waals surface area contributed by atoms with E-state index in [2.05, 4.69) is 0 Å². The summed E-state index contributed by atoms with van der Waals surface area (Å²) in [6, 6.07) is 0.172. The lowest BCUT2D eigenvalue weighted by molar-refractivity contribution is -0.161. The number of likely N-dealkylation sites (tertiary alicyclic amines) is 1. The van der Waals surface area contributed by atoms with E-state index in [1.165, 1.54) is 0 Å². The highest BCUT2D eigenvalue weighted by atomic mass is 16.6. The highest BCUT2D eigenvalue weighted by Crippen LogP contribution is 2.21. The van der Waals surface area contributed by atoms with E-state index in [0.29, 0.717) is 19.8 Å². The molecule has 2 rings (SSSR count). The molecule has 5 nitrogen and oxygen atoms in total. The Morgan fingerprint density at radius 3 is 2.88 bits per heavy atom. The molecule has 0 aromatic heterocycles. The molecular formula is C12H22N2O3. The molecule has 0 radical (unpaired) electrons. The van der Waals surface area contributed by atoms with Gasteiger partial charge in [0.1, 0.15) is 0 Å². The van der Waals surface area contributed by atoms with Crippen molar-refractivity contribution >= 4 is 5.91 Å². The van der Waals surface area contributed by atoms with E-state index in [0.717, 1.165) is 25.8 Å². The number of piperidine rings is 1. The van der Waals surface area contributed by atoms with E-state index in [1.807, 2.05) is 11.8 Å². The maximum absolute atomic E-state index is 12.3. The summed E-state index contributed by atoms with van der Waals surface area (Å²) < 4.78 is 10.8. The van der Waals surface area contributed by atoms with E-state index < -0.39 is 6.10 Å². The van der Waals surface area contributed by atoms with Crippen molar-refractivity contribution in [2.24, 2.45) is 5.73 Å². The van der Waals surface area contributed by atoms with E-state index in [-0.39, 0.29) is 18.0 Å². The van der Waals surface area contributed by atoms with Crippen LogP contribution in [0.2, 0.25) is 0 Å². The third kappa shape index (κ3) is 2.97. The standard InChI is InChI=1S/C12H22N2O3/c1-9(13)10-4-2-3-5-14(10)12(15)11-8-16-6-7-17-11/h9-11H,2-8,13H2,1H3/t9-,10-,11-/m0/s1. The van der Waals surface area contributed by atoms with Crippen molar-refractivity contribution in [3.8, 4) is 0 Å². The van der Waals surface area contributed by atoms with Crippen LogP contribution in [0.5, 0.6) is 0 Å². The Hall–Kier alpha value is -0.650. The van der Waals surface area contributed by atoms with Gasteiger partial charge in [-0.3, -0.25) is 4.79 Å². The predicted molar refractivity (Wildman–Crippen MR) is 63.6 cm³/mol. The van der Waals surface area contributed by atoms with Gasteiger partial charge in [-0.15, -0.1) is 0 Å². The zero-order valence-electron chi connectivity index (χ0n) is 10.4. The Morgan fingerprint density at radius 1 is 1.41 bits per heavy atom. The third-order valence-electron chi connectivity index (χ3n) is 3.53. The first-order valence-electron chi connectivity index (χ1n) is 6.45. The number of nitrogens with zero attached hydrogens (tertiary/aromatic N) is 1. The molecule has 0 aliphatic carbocycles. The summed E-state index contributed by atoms with van der Waals surface area (Å²) in [4.78, 5) is 14.2. The second kappa shape index (κ2) is 5.80. The minimum atomic E-state index is -0.428. The minimum Gasteiger partial charge on any atom is -0.376 e. The minimum absolute atomic E-state index is 0.0174. The van der Waals surface area contributed by atoms with Crippen LogP contribution in [-0.2, 0) is 14.3 Å². The van der Waals surface area contributed by atoms with Crippen LogP contribution >= 0.6 is 0 Å². The van der Waals surface area contributed by atoms with Gasteiger partial charge in [0.25, 0.3) is 5.91 Å². The summed E-state index contributed by atoms with van der Waals surface area (Å²) in [5.41, 5.74) is 5.96. The Bertz CT molecular complexity index is 264. The lowest BCUT2D eigenvalue weighted by Gasteiger charge is -2.40. The summed E-state index contributed by atoms with van der Waals surface area (Å²) in [6.07, 6.45) is 2.78. The number of amides is 1. The van der Waals surface area contributed by atoms with Crippen molar-refractivity contribution in [1.82, 2.24) is 4.90 Å². The molecule has 2 heterocycles. The van der Waals surface area contributed by atoms with E-state index in [4.69, 9.17) is 15.2 Å². The predicted octanol–water partition coefficient (Wildman–Crippen LogP) is 0.130. The molecule has 5 heteroatoms. The first-order valence-corrected chi connectivity index (χ1v) is 6.45. The quantitative estimate of drug-likeness (QED) is 0.747. The molecule has 0 aromatic rings. The van der Waals surface area contributed by atoms with Gasteiger partial charge in [0.05, 0.1) is 19.8 Å². The molecule has 0 bridgehead atoms. The Labute approximate surface area is 102 Å². The molecule has 0 aromatic carbocycles. The monoisotopic (exact) mass is 242 g/mol. The largest absolute Gasteiger partial charge is 0.376 e. The van der Waals surface area contributed by atoms with Crippen molar-refractivity contribution in [1.29, 1.82) is 0 Å². The topological polar surface area (TPSA) is 64.8 Å². The maximum Gasteiger partial charge on any atom is 0.254 e. The maximum atomic E-state index is 12.3. The van der Waals surface area contributed by atoms with Crippen molar-refractivity contribution in [3.63, 3.8) is 0 Å². The Morgan fingerprint density at radius 2 is 2.24 bits per heavy atom. The van der Waals surface area contributed by atoms with Crippen LogP contribution in [0, 0.1) is 0 Å². The second-order valence-corrected chi connectivity index (χ2v) is 4.89. The average molecular weight is 242 g/mol. The summed E-state index contributed by atoms with van der Waals surface area (Å²) >= 11 is 0. The first-order chi connectivity index (χ1) is 8.20. The Kier molecular flexibility index (Phi) is 4.36. The zero-order valence-corrected chi connectivity index (χ0v) is 10.4. The van der Waals surface area contributed by atoms with Gasteiger partial charge < -0.3 is 20.1 Å². The van der Waals surface area contributed by atoms with Crippen LogP contribution in [0.1, 0.15) is 26.2 Å². The number of hydrogen-bond donors (Lipinski definition) is 1. The molecule has 17 heavy (non-hydrogen) atoms. The highest BCUT2D eigenvalue weighted by molar-refractivity contribution is 5.81. The van der Waals surface area contributed by atoms with Crippen LogP contribution in [0.15, 0.2) is 0 Å². The highest BCUT2D eigenvalue weighted by Gasteiger charge is 2.34. The Balaban J connectivity index is 1.99. The van der Waals surface area contributed by atoms with Crippen molar-refractivity contribution in [2.45, 2.75) is 44.4 Å². The summed E-state index contributed by atoms with van der Waals surface area (Å²) in [5.74, 6) is 0.0479. The van der Waals surface area contributed by atoms with Gasteiger partial charge in [-0.25, -0.2) is 0 Å². The van der Waals surface area contributed by atoms with E-state index in [9.17, 15) is 4.79 Å². The van der Waals surface area contributed by atoms with Crippen molar-refractivity contribution < 1.29 is 14.3 Å². The first kappa shape index (κ1) is 12.8. The van der Waals surface area contributed by atoms with Gasteiger partial charge in [0, 0.05) is 18.6 Å². The number of rotatable bonds is 2. The molecular weight excluding hydrogens is 220 g/mol. The SMILES string of the molecule is C[C@H](N)[C@@H]1CCCCN1C(=O)[C@@H]1COCCO1. The third-order valence-corrected chi connectivity index (χ3v) is 3.53. The summed E-state index contributed by atoms with van der Waals surface area (Å²) in [6.45, 7) is 4.23. The van der Waals surface area contributed by atoms with E-state index in [1.54, 1.807) is 0 Å². The van der Waals surface area contributed by atoms with Crippen LogP contribution in [0.4, 0.5) is 0 Å². The molecule has 3 atom stereocenters. The van der Waals surface area contributed by atoms with Crippen LogP contribution in [-0.4, -0.2) is 55.4 Å². The summed E-state index contributed by atoms with van der Waals surface area (Å²) in [7, 11) is 0. The van der Waals surface area contributed by atoms with Crippen molar-refractivity contribution in [2.75, 3.05) is 26.4 Å². The molecule has 0 unspecified atom stereocenters. The lowest BCUT2D eigenvalue weighted by atomic mass is 9.96. The molecule has 98 valence electrons. The number of ether oxygens (including phenoxy) is 2. The number of carbonyl (C=O) groups excluding carboxylic acids is 1. The molecule has 2 fully saturated rings. The van der Waals surface area contributed by atoms with Crippen molar-refractivity contribution in [3.05, 3.63) is 0 Å². The molecule has 2 aliphatic heterocycles. The number of carbonyl (C=O) groups is 1. The molecule has 0 saturated carbocycles. The number of hydrogen-bond acceptors (Lipinski definition) is 4. The smallest absolute Gasteiger partial charge is 0.254 e. The number of nitrogens with two attached hydrogens (primary N) is 1. The molecule has 2 N–H and O–H groups in total. The van der Waals surface area contributed by atoms with Crippen LogP contribution in [0.3, 0.4) is 0 Å². The van der Waals surface area contributed by atoms with Gasteiger partial charge in [-0.05, 0) is 26.2 Å². The van der Waals surface area contributed by atoms with Crippen LogP contribution in [0.25, 0.3) is 0 Å². The molecule has 2 saturated heterocycles. The van der Waals surface area contributed by atoms with Crippen LogP contribution < -0.4 is 5.73 Å². The fraction of sp³-hybridized carbons (Fsp3) is 0.917. The van der Waals surface area contributed by atoms with Gasteiger partial charge in [0.15, 0.2) is 6.10 Å². The average Bonchev–Trinajstić information content (AvgIpc) is 2.39. The molecule has 1 amide bonds. The fourth-order valence-corrected chi connectivity index (χ4v) is 2.59. The van der Waals surface area contributed by atoms with E-state index >= 15 is 0 Å². The van der Waals surface area contributed by atoms with Gasteiger partial charge >= 0.3 is 0 Å². The second-order valence-electron chi connectivity index (χ2n) is 4.89. The van der Waals surface area contributed by atoms with Gasteiger partial charge in [0.2, 0.25) is 0 Å². The summed E-state index contributed by atoms with van der Waals surface area (Å²) in [5, 5.41) is 0. The van der Waals surface area contributed by atoms with Gasteiger partial charge in [-0.1, -0.05) is 0 Å². The zero-order chi connectivity index (χ0) is 12.3.